The summed E-state index contributed by atoms with van der Waals surface area (Å²) in [6.45, 7) is 3.54. The fraction of sp³-hybridized carbons (Fsp3) is 0.452. The maximum absolute atomic E-state index is 16.6. The number of aromatic nitrogens is 3. The fourth-order valence-electron chi connectivity index (χ4n) is 7.67. The van der Waals surface area contributed by atoms with Crippen molar-refractivity contribution in [3.63, 3.8) is 0 Å². The first-order chi connectivity index (χ1) is 20.0. The number of pyridine rings is 1. The highest BCUT2D eigenvalue weighted by molar-refractivity contribution is 6.36. The van der Waals surface area contributed by atoms with Gasteiger partial charge in [0.15, 0.2) is 5.82 Å². The van der Waals surface area contributed by atoms with Crippen LogP contribution < -0.4 is 15.0 Å². The van der Waals surface area contributed by atoms with E-state index in [0.29, 0.717) is 53.4 Å². The number of aliphatic hydroxyl groups excluding tert-OH is 1. The molecule has 0 aliphatic carbocycles. The van der Waals surface area contributed by atoms with Crippen LogP contribution in [0.25, 0.3) is 32.9 Å². The molecular weight excluding hydrogens is 614 g/mol. The summed E-state index contributed by atoms with van der Waals surface area (Å²) in [4.78, 5) is 18.7. The van der Waals surface area contributed by atoms with Gasteiger partial charge in [0.1, 0.15) is 23.6 Å². The van der Waals surface area contributed by atoms with Crippen molar-refractivity contribution in [3.8, 4) is 17.3 Å². The molecule has 2 aromatic heterocycles. The van der Waals surface area contributed by atoms with Gasteiger partial charge in [0.05, 0.1) is 17.0 Å². The summed E-state index contributed by atoms with van der Waals surface area (Å²) in [5.74, 6) is 0.142. The maximum Gasteiger partial charge on any atom is 0.319 e. The van der Waals surface area contributed by atoms with E-state index in [-0.39, 0.29) is 53.7 Å². The van der Waals surface area contributed by atoms with Gasteiger partial charge < -0.3 is 20.1 Å². The zero-order valence-electron chi connectivity index (χ0n) is 23.5. The largest absolute Gasteiger partial charge is 0.461 e. The maximum atomic E-state index is 16.6. The van der Waals surface area contributed by atoms with Crippen molar-refractivity contribution in [1.82, 2.24) is 25.2 Å². The summed E-state index contributed by atoms with van der Waals surface area (Å²) in [7, 11) is 0. The van der Waals surface area contributed by atoms with E-state index in [9.17, 15) is 5.11 Å². The van der Waals surface area contributed by atoms with Crippen molar-refractivity contribution >= 4 is 63.9 Å². The van der Waals surface area contributed by atoms with Crippen molar-refractivity contribution < 1.29 is 14.2 Å². The Hall–Kier alpha value is -2.53. The van der Waals surface area contributed by atoms with Gasteiger partial charge in [-0.2, -0.15) is 9.97 Å². The van der Waals surface area contributed by atoms with Crippen LogP contribution in [0.2, 0.25) is 5.02 Å². The van der Waals surface area contributed by atoms with E-state index in [0.717, 1.165) is 56.1 Å². The normalized spacial score (nSPS) is 26.4. The van der Waals surface area contributed by atoms with E-state index in [1.54, 1.807) is 6.20 Å². The topological polar surface area (TPSA) is 86.6 Å². The molecule has 12 heteroatoms. The van der Waals surface area contributed by atoms with E-state index in [1.807, 2.05) is 36.4 Å². The number of fused-ring (bicyclic) bond motifs is 5. The molecule has 8 nitrogen and oxygen atoms in total. The standard InChI is InChI=1S/C31H32ClFN6O2.2ClH/c32-24-7-2-5-18-4-1-6-22(25(18)24)27-26(33)28-23(13-34-27)29(38-14-19-8-9-20(15-38)35-19)37-30(36-28)41-17-31-10-3-11-39(31)16-21(40)12-31;;/h1-2,4-7,13,19-21,35,40H,3,8-12,14-17H2;2*1H/t19-,20+,21?,31?;;. The molecule has 0 radical (unpaired) electrons. The summed E-state index contributed by atoms with van der Waals surface area (Å²) in [5.41, 5.74) is 0.785. The molecule has 4 atom stereocenters. The van der Waals surface area contributed by atoms with Crippen molar-refractivity contribution in [1.29, 1.82) is 0 Å². The molecule has 6 heterocycles. The van der Waals surface area contributed by atoms with Gasteiger partial charge in [0.2, 0.25) is 0 Å². The van der Waals surface area contributed by atoms with E-state index in [1.165, 1.54) is 0 Å². The number of β-amino-alcohol motifs (C(OH)–C–C–N with tert-alkyl or cyclic N) is 1. The second-order valence-corrected chi connectivity index (χ2v) is 12.5. The Morgan fingerprint density at radius 3 is 2.63 bits per heavy atom. The zero-order valence-corrected chi connectivity index (χ0v) is 25.9. The molecule has 0 spiro atoms. The van der Waals surface area contributed by atoms with Gasteiger partial charge in [-0.15, -0.1) is 24.8 Å². The summed E-state index contributed by atoms with van der Waals surface area (Å²) in [6, 6.07) is 12.3. The van der Waals surface area contributed by atoms with Crippen LogP contribution in [0.4, 0.5) is 10.2 Å². The molecule has 0 saturated carbocycles. The lowest BCUT2D eigenvalue weighted by Crippen LogP contribution is -2.51. The predicted octanol–water partition coefficient (Wildman–Crippen LogP) is 5.40. The van der Waals surface area contributed by atoms with Gasteiger partial charge in [-0.25, -0.2) is 4.39 Å². The van der Waals surface area contributed by atoms with Gasteiger partial charge in [0.25, 0.3) is 0 Å². The van der Waals surface area contributed by atoms with Crippen LogP contribution in [-0.4, -0.2) is 81.5 Å². The number of halogens is 4. The number of anilines is 1. The van der Waals surface area contributed by atoms with E-state index in [2.05, 4.69) is 25.1 Å². The molecule has 4 aliphatic heterocycles. The fourth-order valence-corrected chi connectivity index (χ4v) is 7.95. The average molecular weight is 648 g/mol. The summed E-state index contributed by atoms with van der Waals surface area (Å²) in [6.07, 6.45) is 6.26. The molecule has 4 aromatic rings. The quantitative estimate of drug-likeness (QED) is 0.298. The highest BCUT2D eigenvalue weighted by Crippen LogP contribution is 2.41. The third-order valence-corrected chi connectivity index (χ3v) is 9.84. The Morgan fingerprint density at radius 1 is 1.07 bits per heavy atom. The zero-order chi connectivity index (χ0) is 27.7. The summed E-state index contributed by atoms with van der Waals surface area (Å²) in [5, 5.41) is 16.8. The monoisotopic (exact) mass is 646 g/mol. The van der Waals surface area contributed by atoms with E-state index < -0.39 is 5.82 Å². The molecule has 0 amide bonds. The number of piperazine rings is 1. The number of nitrogens with zero attached hydrogens (tertiary/aromatic N) is 5. The first-order valence-electron chi connectivity index (χ1n) is 14.6. The Balaban J connectivity index is 0.00000165. The third kappa shape index (κ3) is 5.18. The van der Waals surface area contributed by atoms with Gasteiger partial charge in [0, 0.05) is 53.9 Å². The van der Waals surface area contributed by atoms with Crippen molar-refractivity contribution in [3.05, 3.63) is 53.4 Å². The molecule has 4 saturated heterocycles. The number of hydrogen-bond donors (Lipinski definition) is 2. The van der Waals surface area contributed by atoms with Crippen molar-refractivity contribution in [2.24, 2.45) is 0 Å². The second kappa shape index (κ2) is 11.8. The van der Waals surface area contributed by atoms with Crippen LogP contribution in [0.3, 0.4) is 0 Å². The molecule has 8 rings (SSSR count). The molecule has 2 bridgehead atoms. The average Bonchev–Trinajstić information content (AvgIpc) is 3.62. The Morgan fingerprint density at radius 2 is 1.84 bits per heavy atom. The molecule has 2 unspecified atom stereocenters. The SMILES string of the molecule is Cl.Cl.OC1CN2CCCC2(COc2nc(N3C[C@H]4CC[C@@H](C3)N4)c3cnc(-c4cccc5cccc(Cl)c45)c(F)c3n2)C1. The Kier molecular flexibility index (Phi) is 8.34. The third-order valence-electron chi connectivity index (χ3n) is 9.53. The Bertz CT molecular complexity index is 1660. The number of nitrogens with one attached hydrogen (secondary N) is 1. The first kappa shape index (κ1) is 30.5. The van der Waals surface area contributed by atoms with Gasteiger partial charge in [-0.05, 0) is 50.1 Å². The second-order valence-electron chi connectivity index (χ2n) is 12.1. The highest BCUT2D eigenvalue weighted by Gasteiger charge is 2.48. The summed E-state index contributed by atoms with van der Waals surface area (Å²) >= 11 is 6.60. The Labute approximate surface area is 266 Å². The molecular formula is C31H34Cl3FN6O2. The van der Waals surface area contributed by atoms with E-state index in [4.69, 9.17) is 21.3 Å². The van der Waals surface area contributed by atoms with Crippen LogP contribution in [0.1, 0.15) is 32.1 Å². The highest BCUT2D eigenvalue weighted by atomic mass is 35.5. The molecule has 4 fully saturated rings. The first-order valence-corrected chi connectivity index (χ1v) is 15.0. The number of benzene rings is 2. The number of rotatable bonds is 5. The molecule has 2 aromatic carbocycles. The predicted molar refractivity (Wildman–Crippen MR) is 172 cm³/mol. The molecule has 228 valence electrons. The lowest BCUT2D eigenvalue weighted by molar-refractivity contribution is 0.107. The van der Waals surface area contributed by atoms with Gasteiger partial charge in [-0.3, -0.25) is 9.88 Å². The molecule has 43 heavy (non-hydrogen) atoms. The lowest BCUT2D eigenvalue weighted by Gasteiger charge is -2.34. The molecule has 4 aliphatic rings. The summed E-state index contributed by atoms with van der Waals surface area (Å²) < 4.78 is 22.9. The van der Waals surface area contributed by atoms with Crippen LogP contribution in [-0.2, 0) is 0 Å². The minimum absolute atomic E-state index is 0. The van der Waals surface area contributed by atoms with Crippen molar-refractivity contribution in [2.75, 3.05) is 37.7 Å². The smallest absolute Gasteiger partial charge is 0.319 e. The number of hydrogen-bond acceptors (Lipinski definition) is 8. The van der Waals surface area contributed by atoms with Gasteiger partial charge in [-0.1, -0.05) is 41.9 Å². The number of aliphatic hydroxyl groups is 1. The van der Waals surface area contributed by atoms with Crippen LogP contribution >= 0.6 is 36.4 Å². The van der Waals surface area contributed by atoms with Gasteiger partial charge >= 0.3 is 6.01 Å². The van der Waals surface area contributed by atoms with E-state index >= 15 is 4.39 Å². The minimum atomic E-state index is -0.515. The van der Waals surface area contributed by atoms with Crippen LogP contribution in [0.5, 0.6) is 6.01 Å². The molecule has 2 N–H and O–H groups in total. The van der Waals surface area contributed by atoms with Crippen molar-refractivity contribution in [2.45, 2.75) is 55.8 Å². The van der Waals surface area contributed by atoms with Crippen LogP contribution in [0.15, 0.2) is 42.6 Å². The minimum Gasteiger partial charge on any atom is -0.461 e. The lowest BCUT2D eigenvalue weighted by atomic mass is 9.94. The van der Waals surface area contributed by atoms with Crippen LogP contribution in [0, 0.1) is 5.82 Å². The number of ether oxygens (including phenoxy) is 1.